The number of aromatic nitrogens is 1. The standard InChI is InChI=1S/C36H22NO2P/c1-3-10-28-26(8-1)27-9-2-4-11-29(27)37(28)25-19-16-23(17-20-25)24-18-21-35-33(22-24)39-32-14-7-13-31-36(32)40(35)34-15-6-5-12-30(34)38-31/h1-22H. The van der Waals surface area contributed by atoms with Crippen LogP contribution in [0.4, 0.5) is 0 Å². The number of ether oxygens (including phenoxy) is 2. The number of para-hydroxylation sites is 3. The Morgan fingerprint density at radius 2 is 1.02 bits per heavy atom. The Morgan fingerprint density at radius 3 is 1.77 bits per heavy atom. The normalized spacial score (nSPS) is 14.7. The van der Waals surface area contributed by atoms with Crippen LogP contribution in [0, 0.1) is 0 Å². The Kier molecular flexibility index (Phi) is 4.58. The highest BCUT2D eigenvalue weighted by Gasteiger charge is 2.36. The van der Waals surface area contributed by atoms with Crippen LogP contribution in [0.1, 0.15) is 0 Å². The molecule has 6 aromatic carbocycles. The van der Waals surface area contributed by atoms with E-state index in [1.165, 1.54) is 37.7 Å². The molecule has 0 radical (unpaired) electrons. The van der Waals surface area contributed by atoms with Crippen LogP contribution < -0.4 is 25.4 Å². The van der Waals surface area contributed by atoms with Crippen LogP contribution >= 0.6 is 7.92 Å². The van der Waals surface area contributed by atoms with E-state index in [0.29, 0.717) is 0 Å². The van der Waals surface area contributed by atoms with Crippen molar-refractivity contribution in [3.8, 4) is 39.8 Å². The molecule has 40 heavy (non-hydrogen) atoms. The highest BCUT2D eigenvalue weighted by Crippen LogP contribution is 2.52. The Labute approximate surface area is 232 Å². The van der Waals surface area contributed by atoms with Crippen molar-refractivity contribution in [1.82, 2.24) is 4.57 Å². The van der Waals surface area contributed by atoms with E-state index in [4.69, 9.17) is 9.47 Å². The van der Waals surface area contributed by atoms with Crippen LogP contribution in [0.2, 0.25) is 0 Å². The lowest BCUT2D eigenvalue weighted by Crippen LogP contribution is -2.31. The maximum absolute atomic E-state index is 6.51. The van der Waals surface area contributed by atoms with Crippen LogP contribution in [-0.4, -0.2) is 4.57 Å². The van der Waals surface area contributed by atoms with Crippen LogP contribution in [0.5, 0.6) is 23.0 Å². The predicted octanol–water partition coefficient (Wildman–Crippen LogP) is 8.42. The van der Waals surface area contributed by atoms with Crippen molar-refractivity contribution < 1.29 is 9.47 Å². The summed E-state index contributed by atoms with van der Waals surface area (Å²) in [5.74, 6) is 3.66. The zero-order valence-electron chi connectivity index (χ0n) is 21.4. The second-order valence-electron chi connectivity index (χ2n) is 10.2. The molecule has 9 rings (SSSR count). The van der Waals surface area contributed by atoms with E-state index in [1.54, 1.807) is 0 Å². The zero-order valence-corrected chi connectivity index (χ0v) is 22.3. The Bertz CT molecular complexity index is 2070. The molecule has 1 aromatic heterocycles. The first kappa shape index (κ1) is 22.0. The fourth-order valence-corrected chi connectivity index (χ4v) is 8.74. The van der Waals surface area contributed by atoms with E-state index in [1.807, 2.05) is 18.2 Å². The molecule has 2 aliphatic heterocycles. The SMILES string of the molecule is c1ccc2c(c1)Oc1cccc3c1P2c1ccc(-c2ccc(-n4c5ccccc5c5ccccc54)cc2)cc1O3. The van der Waals surface area contributed by atoms with Gasteiger partial charge in [0.15, 0.2) is 0 Å². The number of rotatable bonds is 2. The number of benzene rings is 6. The summed E-state index contributed by atoms with van der Waals surface area (Å²) in [6.07, 6.45) is 0. The summed E-state index contributed by atoms with van der Waals surface area (Å²) in [5.41, 5.74) is 5.89. The first-order valence-corrected chi connectivity index (χ1v) is 14.8. The van der Waals surface area contributed by atoms with Crippen LogP contribution in [-0.2, 0) is 0 Å². The quantitative estimate of drug-likeness (QED) is 0.209. The maximum atomic E-state index is 6.51. The molecule has 0 bridgehead atoms. The van der Waals surface area contributed by atoms with Gasteiger partial charge >= 0.3 is 0 Å². The minimum absolute atomic E-state index is 0.750. The van der Waals surface area contributed by atoms with Crippen molar-refractivity contribution in [2.75, 3.05) is 0 Å². The summed E-state index contributed by atoms with van der Waals surface area (Å²) in [5, 5.41) is 6.19. The molecule has 0 spiro atoms. The lowest BCUT2D eigenvalue weighted by atomic mass is 10.0. The van der Waals surface area contributed by atoms with Gasteiger partial charge in [-0.05, 0) is 65.7 Å². The topological polar surface area (TPSA) is 23.4 Å². The van der Waals surface area contributed by atoms with Gasteiger partial charge in [-0.1, -0.05) is 78.9 Å². The Balaban J connectivity index is 1.14. The highest BCUT2D eigenvalue weighted by atomic mass is 31.1. The molecule has 0 N–H and O–H groups in total. The lowest BCUT2D eigenvalue weighted by molar-refractivity contribution is 0.466. The van der Waals surface area contributed by atoms with Gasteiger partial charge in [0, 0.05) is 35.0 Å². The monoisotopic (exact) mass is 531 g/mol. The third-order valence-corrected chi connectivity index (χ3v) is 10.6. The third-order valence-electron chi connectivity index (χ3n) is 7.97. The summed E-state index contributed by atoms with van der Waals surface area (Å²) in [4.78, 5) is 0. The van der Waals surface area contributed by atoms with Gasteiger partial charge in [0.2, 0.25) is 0 Å². The van der Waals surface area contributed by atoms with Gasteiger partial charge in [-0.3, -0.25) is 0 Å². The Morgan fingerprint density at radius 1 is 0.450 bits per heavy atom. The zero-order chi connectivity index (χ0) is 26.2. The smallest absolute Gasteiger partial charge is 0.139 e. The minimum atomic E-state index is -0.750. The summed E-state index contributed by atoms with van der Waals surface area (Å²) in [6.45, 7) is 0. The van der Waals surface area contributed by atoms with E-state index in [0.717, 1.165) is 39.8 Å². The Hall–Kier alpha value is -4.85. The average molecular weight is 532 g/mol. The fourth-order valence-electron chi connectivity index (χ4n) is 6.19. The van der Waals surface area contributed by atoms with E-state index >= 15 is 0 Å². The fraction of sp³-hybridized carbons (Fsp3) is 0. The van der Waals surface area contributed by atoms with E-state index in [9.17, 15) is 0 Å². The molecule has 7 aromatic rings. The summed E-state index contributed by atoms with van der Waals surface area (Å²) >= 11 is 0. The molecule has 3 nitrogen and oxygen atoms in total. The summed E-state index contributed by atoms with van der Waals surface area (Å²) in [6, 6.07) is 47.3. The van der Waals surface area contributed by atoms with Gasteiger partial charge in [-0.15, -0.1) is 0 Å². The maximum Gasteiger partial charge on any atom is 0.139 e. The largest absolute Gasteiger partial charge is 0.456 e. The van der Waals surface area contributed by atoms with Gasteiger partial charge in [0.25, 0.3) is 0 Å². The third kappa shape index (κ3) is 3.10. The van der Waals surface area contributed by atoms with Crippen LogP contribution in [0.25, 0.3) is 38.6 Å². The molecular formula is C36H22NO2P. The van der Waals surface area contributed by atoms with Crippen molar-refractivity contribution >= 4 is 45.6 Å². The van der Waals surface area contributed by atoms with Crippen molar-refractivity contribution in [2.24, 2.45) is 0 Å². The number of hydrogen-bond donors (Lipinski definition) is 0. The van der Waals surface area contributed by atoms with E-state index < -0.39 is 7.92 Å². The molecule has 0 fully saturated rings. The van der Waals surface area contributed by atoms with Gasteiger partial charge in [-0.25, -0.2) is 0 Å². The second kappa shape index (κ2) is 8.32. The molecule has 0 saturated heterocycles. The second-order valence-corrected chi connectivity index (χ2v) is 12.3. The number of nitrogens with zero attached hydrogens (tertiary/aromatic N) is 1. The highest BCUT2D eigenvalue weighted by molar-refractivity contribution is 7.80. The molecule has 1 unspecified atom stereocenters. The molecule has 1 atom stereocenters. The number of hydrogen-bond acceptors (Lipinski definition) is 2. The van der Waals surface area contributed by atoms with Crippen LogP contribution in [0.15, 0.2) is 133 Å². The summed E-state index contributed by atoms with van der Waals surface area (Å²) < 4.78 is 15.1. The van der Waals surface area contributed by atoms with Crippen molar-refractivity contribution in [3.63, 3.8) is 0 Å². The average Bonchev–Trinajstić information content (AvgIpc) is 3.35. The van der Waals surface area contributed by atoms with Crippen molar-refractivity contribution in [2.45, 2.75) is 0 Å². The molecule has 0 aliphatic carbocycles. The molecule has 188 valence electrons. The lowest BCUT2D eigenvalue weighted by Gasteiger charge is -2.34. The summed E-state index contributed by atoms with van der Waals surface area (Å²) in [7, 11) is -0.750. The van der Waals surface area contributed by atoms with Crippen molar-refractivity contribution in [1.29, 1.82) is 0 Å². The van der Waals surface area contributed by atoms with Gasteiger partial charge in [0.1, 0.15) is 23.0 Å². The first-order valence-electron chi connectivity index (χ1n) is 13.4. The molecule has 0 saturated carbocycles. The first-order chi connectivity index (χ1) is 19.8. The molecule has 3 heterocycles. The van der Waals surface area contributed by atoms with Gasteiger partial charge in [-0.2, -0.15) is 0 Å². The van der Waals surface area contributed by atoms with E-state index in [-0.39, 0.29) is 0 Å². The van der Waals surface area contributed by atoms with Gasteiger partial charge < -0.3 is 14.0 Å². The van der Waals surface area contributed by atoms with Gasteiger partial charge in [0.05, 0.1) is 16.3 Å². The molecule has 0 amide bonds. The minimum Gasteiger partial charge on any atom is -0.456 e. The predicted molar refractivity (Wildman–Crippen MR) is 165 cm³/mol. The van der Waals surface area contributed by atoms with E-state index in [2.05, 4.69) is 120 Å². The van der Waals surface area contributed by atoms with Crippen LogP contribution in [0.3, 0.4) is 0 Å². The molecule has 4 heteroatoms. The molecule has 2 aliphatic rings. The molecular weight excluding hydrogens is 509 g/mol. The number of fused-ring (bicyclic) bond motifs is 7. The van der Waals surface area contributed by atoms with Crippen molar-refractivity contribution in [3.05, 3.63) is 133 Å².